The molecule has 1 aliphatic rings. The van der Waals surface area contributed by atoms with Crippen LogP contribution in [0.1, 0.15) is 5.56 Å². The number of nitrogens with one attached hydrogen (secondary N) is 1. The molecule has 0 atom stereocenters. The van der Waals surface area contributed by atoms with Gasteiger partial charge in [0.05, 0.1) is 23.4 Å². The molecular formula is C20H22N4O2S. The minimum atomic E-state index is -0.161. The first-order valence-electron chi connectivity index (χ1n) is 8.99. The number of hydrogen-bond acceptors (Lipinski definition) is 5. The fourth-order valence-corrected chi connectivity index (χ4v) is 4.05. The molecule has 1 fully saturated rings. The number of aromatic nitrogens is 1. The van der Waals surface area contributed by atoms with Crippen molar-refractivity contribution in [2.24, 2.45) is 0 Å². The summed E-state index contributed by atoms with van der Waals surface area (Å²) in [6.45, 7) is 3.76. The van der Waals surface area contributed by atoms with E-state index in [9.17, 15) is 4.79 Å². The molecule has 0 saturated carbocycles. The number of urea groups is 1. The smallest absolute Gasteiger partial charge is 0.323 e. The van der Waals surface area contributed by atoms with Crippen LogP contribution >= 0.6 is 11.3 Å². The van der Waals surface area contributed by atoms with Crippen LogP contribution in [0.5, 0.6) is 0 Å². The highest BCUT2D eigenvalue weighted by Crippen LogP contribution is 2.26. The number of carbonyl (C=O) groups is 1. The van der Waals surface area contributed by atoms with Crippen molar-refractivity contribution in [1.29, 1.82) is 0 Å². The van der Waals surface area contributed by atoms with E-state index in [1.54, 1.807) is 11.9 Å². The van der Waals surface area contributed by atoms with Gasteiger partial charge in [-0.15, -0.1) is 0 Å². The fraction of sp³-hybridized carbons (Fsp3) is 0.300. The first kappa shape index (κ1) is 17.8. The van der Waals surface area contributed by atoms with Crippen molar-refractivity contribution < 1.29 is 9.53 Å². The van der Waals surface area contributed by atoms with Crippen LogP contribution in [0.2, 0.25) is 0 Å². The first-order chi connectivity index (χ1) is 13.2. The second-order valence-electron chi connectivity index (χ2n) is 6.50. The number of thiazole rings is 1. The number of carbonyl (C=O) groups excluding carboxylic acids is 1. The number of nitrogens with zero attached hydrogens (tertiary/aromatic N) is 3. The van der Waals surface area contributed by atoms with E-state index in [1.165, 1.54) is 17.0 Å². The molecular weight excluding hydrogens is 360 g/mol. The number of hydrogen-bond donors (Lipinski definition) is 1. The first-order valence-corrected chi connectivity index (χ1v) is 9.80. The lowest BCUT2D eigenvalue weighted by Gasteiger charge is -2.31. The molecule has 2 heterocycles. The summed E-state index contributed by atoms with van der Waals surface area (Å²) in [5, 5.41) is 3.53. The molecule has 0 aliphatic carbocycles. The summed E-state index contributed by atoms with van der Waals surface area (Å²) in [5.74, 6) is 0. The van der Waals surface area contributed by atoms with Crippen LogP contribution in [0, 0.1) is 0 Å². The molecule has 2 aromatic carbocycles. The highest BCUT2D eigenvalue weighted by molar-refractivity contribution is 7.22. The lowest BCUT2D eigenvalue weighted by atomic mass is 10.1. The fourth-order valence-electron chi connectivity index (χ4n) is 3.20. The van der Waals surface area contributed by atoms with Gasteiger partial charge in [-0.25, -0.2) is 9.78 Å². The van der Waals surface area contributed by atoms with E-state index in [4.69, 9.17) is 4.74 Å². The summed E-state index contributed by atoms with van der Waals surface area (Å²) in [5.41, 5.74) is 3.19. The van der Waals surface area contributed by atoms with Gasteiger partial charge in [0, 0.05) is 32.4 Å². The zero-order valence-electron chi connectivity index (χ0n) is 15.2. The molecule has 4 rings (SSSR count). The van der Waals surface area contributed by atoms with Crippen molar-refractivity contribution in [1.82, 2.24) is 9.88 Å². The molecule has 6 nitrogen and oxygen atoms in total. The molecule has 0 spiro atoms. The number of morpholine rings is 1. The topological polar surface area (TPSA) is 57.7 Å². The Morgan fingerprint density at radius 3 is 2.74 bits per heavy atom. The van der Waals surface area contributed by atoms with Crippen molar-refractivity contribution in [3.63, 3.8) is 0 Å². The maximum absolute atomic E-state index is 12.6. The number of amides is 2. The molecule has 27 heavy (non-hydrogen) atoms. The number of benzene rings is 2. The predicted octanol–water partition coefficient (Wildman–Crippen LogP) is 3.80. The van der Waals surface area contributed by atoms with Gasteiger partial charge in [0.25, 0.3) is 0 Å². The summed E-state index contributed by atoms with van der Waals surface area (Å²) in [6.07, 6.45) is 0. The molecule has 1 saturated heterocycles. The number of rotatable bonds is 4. The van der Waals surface area contributed by atoms with Crippen molar-refractivity contribution in [3.05, 3.63) is 54.1 Å². The Balaban J connectivity index is 1.45. The second kappa shape index (κ2) is 7.94. The Morgan fingerprint density at radius 2 is 1.93 bits per heavy atom. The number of anilines is 2. The largest absolute Gasteiger partial charge is 0.378 e. The van der Waals surface area contributed by atoms with Gasteiger partial charge in [0.15, 0.2) is 5.13 Å². The van der Waals surface area contributed by atoms with Crippen LogP contribution in [0.3, 0.4) is 0 Å². The van der Waals surface area contributed by atoms with Gasteiger partial charge in [-0.2, -0.15) is 0 Å². The minimum Gasteiger partial charge on any atom is -0.378 e. The molecule has 1 aromatic heterocycles. The minimum absolute atomic E-state index is 0.161. The van der Waals surface area contributed by atoms with E-state index in [0.29, 0.717) is 11.7 Å². The molecule has 2 amide bonds. The van der Waals surface area contributed by atoms with Crippen molar-refractivity contribution in [3.8, 4) is 0 Å². The maximum atomic E-state index is 12.6. The second-order valence-corrected chi connectivity index (χ2v) is 7.53. The predicted molar refractivity (Wildman–Crippen MR) is 110 cm³/mol. The van der Waals surface area contributed by atoms with Crippen LogP contribution < -0.4 is 10.2 Å². The maximum Gasteiger partial charge on any atom is 0.323 e. The third-order valence-corrected chi connectivity index (χ3v) is 5.56. The lowest BCUT2D eigenvalue weighted by Crippen LogP contribution is -2.37. The quantitative estimate of drug-likeness (QED) is 0.746. The van der Waals surface area contributed by atoms with Gasteiger partial charge in [-0.05, 0) is 23.8 Å². The van der Waals surface area contributed by atoms with Gasteiger partial charge >= 0.3 is 6.03 Å². The molecule has 1 aliphatic heterocycles. The average Bonchev–Trinajstić information content (AvgIpc) is 3.11. The van der Waals surface area contributed by atoms with Crippen molar-refractivity contribution in [2.45, 2.75) is 6.54 Å². The highest BCUT2D eigenvalue weighted by Gasteiger charge is 2.17. The number of fused-ring (bicyclic) bond motifs is 1. The van der Waals surface area contributed by atoms with E-state index in [0.717, 1.165) is 42.1 Å². The van der Waals surface area contributed by atoms with Crippen molar-refractivity contribution in [2.75, 3.05) is 43.6 Å². The number of ether oxygens (including phenoxy) is 1. The van der Waals surface area contributed by atoms with Gasteiger partial charge in [0.1, 0.15) is 0 Å². The van der Waals surface area contributed by atoms with Crippen LogP contribution in [0.4, 0.5) is 15.6 Å². The lowest BCUT2D eigenvalue weighted by molar-refractivity contribution is 0.122. The van der Waals surface area contributed by atoms with Crippen LogP contribution in [0.15, 0.2) is 48.5 Å². The van der Waals surface area contributed by atoms with Gasteiger partial charge in [-0.1, -0.05) is 41.7 Å². The summed E-state index contributed by atoms with van der Waals surface area (Å²) >= 11 is 1.48. The summed E-state index contributed by atoms with van der Waals surface area (Å²) in [6, 6.07) is 15.9. The molecule has 1 N–H and O–H groups in total. The van der Waals surface area contributed by atoms with Crippen molar-refractivity contribution >= 4 is 38.4 Å². The third kappa shape index (κ3) is 4.04. The average molecular weight is 382 g/mol. The standard InChI is InChI=1S/C20H22N4O2S/c1-23(20(25)22-19-21-16-7-3-5-9-18(16)27-19)14-15-6-2-4-8-17(15)24-10-12-26-13-11-24/h2-9H,10-14H2,1H3,(H,21,22,25). The van der Waals surface area contributed by atoms with Crippen LogP contribution in [-0.2, 0) is 11.3 Å². The Morgan fingerprint density at radius 1 is 1.19 bits per heavy atom. The van der Waals surface area contributed by atoms with E-state index in [2.05, 4.69) is 27.3 Å². The van der Waals surface area contributed by atoms with E-state index < -0.39 is 0 Å². The number of para-hydroxylation sites is 2. The Labute approximate surface area is 162 Å². The van der Waals surface area contributed by atoms with E-state index in [1.807, 2.05) is 36.4 Å². The molecule has 0 bridgehead atoms. The Bertz CT molecular complexity index is 903. The monoisotopic (exact) mass is 382 g/mol. The molecule has 0 unspecified atom stereocenters. The zero-order chi connectivity index (χ0) is 18.6. The van der Waals surface area contributed by atoms with Gasteiger partial charge in [-0.3, -0.25) is 5.32 Å². The third-order valence-electron chi connectivity index (χ3n) is 4.61. The van der Waals surface area contributed by atoms with Crippen LogP contribution in [-0.4, -0.2) is 49.3 Å². The highest BCUT2D eigenvalue weighted by atomic mass is 32.1. The Hall–Kier alpha value is -2.64. The normalized spacial score (nSPS) is 14.3. The molecule has 3 aromatic rings. The molecule has 7 heteroatoms. The van der Waals surface area contributed by atoms with Crippen LogP contribution in [0.25, 0.3) is 10.2 Å². The summed E-state index contributed by atoms with van der Waals surface area (Å²) in [7, 11) is 1.80. The van der Waals surface area contributed by atoms with Gasteiger partial charge in [0.2, 0.25) is 0 Å². The summed E-state index contributed by atoms with van der Waals surface area (Å²) in [4.78, 5) is 21.1. The SMILES string of the molecule is CN(Cc1ccccc1N1CCOCC1)C(=O)Nc1nc2ccccc2s1. The summed E-state index contributed by atoms with van der Waals surface area (Å²) < 4.78 is 6.51. The van der Waals surface area contributed by atoms with Gasteiger partial charge < -0.3 is 14.5 Å². The van der Waals surface area contributed by atoms with E-state index in [-0.39, 0.29) is 6.03 Å². The Kier molecular flexibility index (Phi) is 5.22. The van der Waals surface area contributed by atoms with E-state index >= 15 is 0 Å². The zero-order valence-corrected chi connectivity index (χ0v) is 16.0. The molecule has 140 valence electrons. The molecule has 0 radical (unpaired) electrons.